The van der Waals surface area contributed by atoms with Gasteiger partial charge in [0, 0.05) is 11.3 Å². The van der Waals surface area contributed by atoms with Crippen LogP contribution in [0, 0.1) is 0 Å². The Hall–Kier alpha value is -2.04. The predicted molar refractivity (Wildman–Crippen MR) is 75.8 cm³/mol. The van der Waals surface area contributed by atoms with Crippen LogP contribution in [0.5, 0.6) is 5.75 Å². The number of carbonyl (C=O) groups is 2. The van der Waals surface area contributed by atoms with Crippen molar-refractivity contribution in [3.05, 3.63) is 56.6 Å². The lowest BCUT2D eigenvalue weighted by Crippen LogP contribution is -2.23. The summed E-state index contributed by atoms with van der Waals surface area (Å²) in [5, 5.41) is 9.90. The minimum Gasteiger partial charge on any atom is -0.506 e. The molecule has 0 radical (unpaired) electrons. The molecule has 0 saturated carbocycles. The molecule has 0 spiro atoms. The van der Waals surface area contributed by atoms with Crippen molar-refractivity contribution in [1.82, 2.24) is 0 Å². The normalized spacial score (nSPS) is 13.1. The Balaban J connectivity index is 2.45. The van der Waals surface area contributed by atoms with Crippen LogP contribution in [0.15, 0.2) is 24.3 Å². The second-order valence-corrected chi connectivity index (χ2v) is 5.18. The fraction of sp³-hybridized carbons (Fsp3) is 0. The summed E-state index contributed by atoms with van der Waals surface area (Å²) in [7, 11) is 0. The number of aromatic hydroxyl groups is 1. The van der Waals surface area contributed by atoms with Gasteiger partial charge in [-0.1, -0.05) is 35.3 Å². The number of rotatable bonds is 0. The van der Waals surface area contributed by atoms with Crippen LogP contribution in [0.4, 0.5) is 5.69 Å². The van der Waals surface area contributed by atoms with E-state index in [0.29, 0.717) is 0 Å². The van der Waals surface area contributed by atoms with Gasteiger partial charge in [0.15, 0.2) is 11.6 Å². The number of hydrogen-bond acceptors (Lipinski definition) is 4. The molecule has 2 aromatic carbocycles. The summed E-state index contributed by atoms with van der Waals surface area (Å²) in [6.07, 6.45) is 0. The highest BCUT2D eigenvalue weighted by molar-refractivity contribution is 6.42. The van der Waals surface area contributed by atoms with Crippen molar-refractivity contribution in [3.63, 3.8) is 0 Å². The number of ketones is 2. The van der Waals surface area contributed by atoms with E-state index in [0.717, 1.165) is 0 Å². The first-order valence-electron chi connectivity index (χ1n) is 5.62. The van der Waals surface area contributed by atoms with Crippen LogP contribution in [0.2, 0.25) is 10.0 Å². The van der Waals surface area contributed by atoms with Gasteiger partial charge in [-0.25, -0.2) is 0 Å². The average Bonchev–Trinajstić information content (AvgIpc) is 2.40. The Morgan fingerprint density at radius 1 is 0.950 bits per heavy atom. The highest BCUT2D eigenvalue weighted by Crippen LogP contribution is 2.42. The van der Waals surface area contributed by atoms with E-state index in [2.05, 4.69) is 0 Å². The van der Waals surface area contributed by atoms with E-state index in [-0.39, 0.29) is 38.0 Å². The van der Waals surface area contributed by atoms with Gasteiger partial charge in [0.1, 0.15) is 5.75 Å². The van der Waals surface area contributed by atoms with Gasteiger partial charge < -0.3 is 10.8 Å². The molecule has 0 atom stereocenters. The molecule has 4 nitrogen and oxygen atoms in total. The van der Waals surface area contributed by atoms with Crippen LogP contribution >= 0.6 is 23.2 Å². The van der Waals surface area contributed by atoms with E-state index in [4.69, 9.17) is 28.9 Å². The molecule has 0 aromatic heterocycles. The number of phenolic OH excluding ortho intramolecular Hbond substituents is 1. The Kier molecular flexibility index (Phi) is 2.74. The predicted octanol–water partition coefficient (Wildman–Crippen LogP) is 3.06. The lowest BCUT2D eigenvalue weighted by Gasteiger charge is -2.21. The third kappa shape index (κ3) is 1.55. The molecular formula is C14H7Cl2NO3. The maximum atomic E-state index is 12.5. The Morgan fingerprint density at radius 2 is 1.65 bits per heavy atom. The molecule has 0 heterocycles. The number of carbonyl (C=O) groups excluding carboxylic acids is 2. The Morgan fingerprint density at radius 3 is 2.35 bits per heavy atom. The average molecular weight is 308 g/mol. The number of nitrogen functional groups attached to an aromatic ring is 1. The molecule has 0 unspecified atom stereocenters. The fourth-order valence-electron chi connectivity index (χ4n) is 2.32. The highest BCUT2D eigenvalue weighted by atomic mass is 35.5. The molecule has 1 aliphatic rings. The number of anilines is 1. The largest absolute Gasteiger partial charge is 0.506 e. The molecule has 100 valence electrons. The monoisotopic (exact) mass is 307 g/mol. The number of fused-ring (bicyclic) bond motifs is 2. The van der Waals surface area contributed by atoms with Crippen LogP contribution in [0.25, 0.3) is 0 Å². The second kappa shape index (κ2) is 4.23. The molecule has 3 N–H and O–H groups in total. The summed E-state index contributed by atoms with van der Waals surface area (Å²) in [5.41, 5.74) is 5.92. The molecular weight excluding hydrogens is 301 g/mol. The molecule has 2 aromatic rings. The number of phenols is 1. The molecule has 0 fully saturated rings. The third-order valence-electron chi connectivity index (χ3n) is 3.23. The third-order valence-corrected chi connectivity index (χ3v) is 3.81. The van der Waals surface area contributed by atoms with Gasteiger partial charge in [-0.2, -0.15) is 0 Å². The van der Waals surface area contributed by atoms with E-state index in [1.807, 2.05) is 0 Å². The van der Waals surface area contributed by atoms with E-state index < -0.39 is 17.3 Å². The van der Waals surface area contributed by atoms with Gasteiger partial charge >= 0.3 is 0 Å². The molecule has 1 aliphatic carbocycles. The SMILES string of the molecule is Nc1cccc2c1C(=O)c1c(O)c(Cl)cc(Cl)c1C2=O. The van der Waals surface area contributed by atoms with Crippen molar-refractivity contribution in [2.24, 2.45) is 0 Å². The fourth-order valence-corrected chi connectivity index (χ4v) is 2.87. The highest BCUT2D eigenvalue weighted by Gasteiger charge is 2.36. The van der Waals surface area contributed by atoms with E-state index in [9.17, 15) is 14.7 Å². The number of nitrogens with two attached hydrogens (primary N) is 1. The first-order chi connectivity index (χ1) is 9.43. The van der Waals surface area contributed by atoms with Crippen LogP contribution in [0.1, 0.15) is 31.8 Å². The summed E-state index contributed by atoms with van der Waals surface area (Å²) in [6.45, 7) is 0. The van der Waals surface area contributed by atoms with Crippen molar-refractivity contribution in [1.29, 1.82) is 0 Å². The molecule has 0 amide bonds. The lowest BCUT2D eigenvalue weighted by molar-refractivity contribution is 0.0977. The molecule has 3 rings (SSSR count). The molecule has 0 aliphatic heterocycles. The number of halogens is 2. The summed E-state index contributed by atoms with van der Waals surface area (Å²) in [4.78, 5) is 24.9. The quantitative estimate of drug-likeness (QED) is 0.625. The molecule has 0 saturated heterocycles. The van der Waals surface area contributed by atoms with Crippen molar-refractivity contribution in [3.8, 4) is 5.75 Å². The summed E-state index contributed by atoms with van der Waals surface area (Å²) in [5.74, 6) is -1.48. The molecule has 6 heteroatoms. The van der Waals surface area contributed by atoms with Gasteiger partial charge in [0.05, 0.1) is 26.7 Å². The smallest absolute Gasteiger partial charge is 0.200 e. The first-order valence-corrected chi connectivity index (χ1v) is 6.38. The van der Waals surface area contributed by atoms with Crippen LogP contribution in [0.3, 0.4) is 0 Å². The van der Waals surface area contributed by atoms with Crippen LogP contribution < -0.4 is 5.73 Å². The van der Waals surface area contributed by atoms with Gasteiger partial charge in [-0.3, -0.25) is 9.59 Å². The summed E-state index contributed by atoms with van der Waals surface area (Å²) < 4.78 is 0. The van der Waals surface area contributed by atoms with Gasteiger partial charge in [-0.15, -0.1) is 0 Å². The maximum absolute atomic E-state index is 12.5. The van der Waals surface area contributed by atoms with Gasteiger partial charge in [-0.05, 0) is 12.1 Å². The van der Waals surface area contributed by atoms with Crippen LogP contribution in [-0.4, -0.2) is 16.7 Å². The zero-order valence-corrected chi connectivity index (χ0v) is 11.4. The van der Waals surface area contributed by atoms with E-state index in [1.165, 1.54) is 18.2 Å². The minimum atomic E-state index is -0.561. The summed E-state index contributed by atoms with van der Waals surface area (Å²) >= 11 is 11.8. The first kappa shape index (κ1) is 13.0. The molecule has 0 bridgehead atoms. The van der Waals surface area contributed by atoms with Crippen molar-refractivity contribution in [2.45, 2.75) is 0 Å². The van der Waals surface area contributed by atoms with Crippen LogP contribution in [-0.2, 0) is 0 Å². The van der Waals surface area contributed by atoms with Crippen molar-refractivity contribution in [2.75, 3.05) is 5.73 Å². The standard InChI is InChI=1S/C14H7Cl2NO3/c15-6-4-7(16)13(19)11-10(6)12(18)5-2-1-3-8(17)9(5)14(11)20/h1-4,19H,17H2. The lowest BCUT2D eigenvalue weighted by atomic mass is 9.83. The Labute approximate surface area is 123 Å². The molecule has 20 heavy (non-hydrogen) atoms. The van der Waals surface area contributed by atoms with E-state index in [1.54, 1.807) is 6.07 Å². The maximum Gasteiger partial charge on any atom is 0.200 e. The second-order valence-electron chi connectivity index (χ2n) is 4.37. The van der Waals surface area contributed by atoms with Gasteiger partial charge in [0.25, 0.3) is 0 Å². The van der Waals surface area contributed by atoms with Crippen molar-refractivity contribution < 1.29 is 14.7 Å². The topological polar surface area (TPSA) is 80.4 Å². The van der Waals surface area contributed by atoms with Gasteiger partial charge in [0.2, 0.25) is 0 Å². The van der Waals surface area contributed by atoms with E-state index >= 15 is 0 Å². The Bertz CT molecular complexity index is 799. The number of benzene rings is 2. The summed E-state index contributed by atoms with van der Waals surface area (Å²) in [6, 6.07) is 5.82. The zero-order valence-electron chi connectivity index (χ0n) is 9.91. The minimum absolute atomic E-state index is 0.0224. The van der Waals surface area contributed by atoms with Crippen molar-refractivity contribution >= 4 is 40.5 Å². The zero-order chi connectivity index (χ0) is 14.6. The number of hydrogen-bond donors (Lipinski definition) is 2.